The molecule has 1 fully saturated rings. The number of amides is 1. The first-order chi connectivity index (χ1) is 17.0. The summed E-state index contributed by atoms with van der Waals surface area (Å²) in [7, 11) is 0. The van der Waals surface area contributed by atoms with Gasteiger partial charge in [0.25, 0.3) is 5.91 Å². The minimum Gasteiger partial charge on any atom is -0.489 e. The lowest BCUT2D eigenvalue weighted by atomic mass is 10.1. The number of piperazine rings is 1. The van der Waals surface area contributed by atoms with Gasteiger partial charge in [0.15, 0.2) is 0 Å². The fourth-order valence-corrected chi connectivity index (χ4v) is 4.34. The van der Waals surface area contributed by atoms with Gasteiger partial charge in [0, 0.05) is 68.2 Å². The van der Waals surface area contributed by atoms with E-state index >= 15 is 0 Å². The average molecular weight is 470 g/mol. The number of hydrogen-bond donors (Lipinski definition) is 0. The maximum Gasteiger partial charge on any atom is 0.336 e. The highest BCUT2D eigenvalue weighted by molar-refractivity contribution is 5.94. The van der Waals surface area contributed by atoms with Crippen LogP contribution in [0, 0.1) is 6.92 Å². The summed E-state index contributed by atoms with van der Waals surface area (Å²) >= 11 is 0. The molecular weight excluding hydrogens is 442 g/mol. The largest absolute Gasteiger partial charge is 0.489 e. The van der Waals surface area contributed by atoms with Crippen molar-refractivity contribution in [3.8, 4) is 5.75 Å². The minimum absolute atomic E-state index is 0.0564. The predicted octanol–water partition coefficient (Wildman–Crippen LogP) is 4.03. The number of carbonyl (C=O) groups excluding carboxylic acids is 1. The maximum atomic E-state index is 13.0. The summed E-state index contributed by atoms with van der Waals surface area (Å²) in [6, 6.07) is 18.6. The molecule has 7 heteroatoms. The lowest BCUT2D eigenvalue weighted by Gasteiger charge is -2.34. The van der Waals surface area contributed by atoms with Crippen LogP contribution in [0.1, 0.15) is 27.0 Å². The minimum atomic E-state index is -0.373. The summed E-state index contributed by atoms with van der Waals surface area (Å²) in [5, 5.41) is 0.887. The summed E-state index contributed by atoms with van der Waals surface area (Å²) < 4.78 is 11.2. The van der Waals surface area contributed by atoms with Crippen LogP contribution in [0.2, 0.25) is 0 Å². The van der Waals surface area contributed by atoms with E-state index in [4.69, 9.17) is 9.15 Å². The third-order valence-electron chi connectivity index (χ3n) is 6.34. The number of nitrogens with zero attached hydrogens (tertiary/aromatic N) is 3. The standard InChI is InChI=1S/C28H27N3O4/c1-20-16-27(32)35-26-17-24(6-7-25(20)26)34-19-22-2-4-23(5-3-22)28(33)31-14-12-30(13-15-31)18-21-8-10-29-11-9-21/h2-11,16-17H,12-15,18-19H2,1H3. The summed E-state index contributed by atoms with van der Waals surface area (Å²) in [5.41, 5.74) is 3.88. The molecule has 2 aromatic carbocycles. The van der Waals surface area contributed by atoms with Crippen molar-refractivity contribution in [2.45, 2.75) is 20.1 Å². The van der Waals surface area contributed by atoms with Crippen molar-refractivity contribution in [1.29, 1.82) is 0 Å². The number of rotatable bonds is 6. The number of aryl methyl sites for hydroxylation is 1. The predicted molar refractivity (Wildman–Crippen MR) is 133 cm³/mol. The lowest BCUT2D eigenvalue weighted by Crippen LogP contribution is -2.48. The van der Waals surface area contributed by atoms with Crippen LogP contribution in [0.25, 0.3) is 11.0 Å². The topological polar surface area (TPSA) is 75.9 Å². The zero-order valence-corrected chi connectivity index (χ0v) is 19.6. The second kappa shape index (κ2) is 10.1. The van der Waals surface area contributed by atoms with Gasteiger partial charge in [-0.2, -0.15) is 0 Å². The van der Waals surface area contributed by atoms with Crippen molar-refractivity contribution in [3.63, 3.8) is 0 Å². The van der Waals surface area contributed by atoms with Gasteiger partial charge in [0.1, 0.15) is 17.9 Å². The Morgan fingerprint density at radius 2 is 1.69 bits per heavy atom. The van der Waals surface area contributed by atoms with E-state index in [1.165, 1.54) is 11.6 Å². The fourth-order valence-electron chi connectivity index (χ4n) is 4.34. The number of pyridine rings is 1. The van der Waals surface area contributed by atoms with Crippen LogP contribution in [0.15, 0.2) is 82.3 Å². The van der Waals surface area contributed by atoms with Crippen molar-refractivity contribution in [2.75, 3.05) is 26.2 Å². The molecule has 3 heterocycles. The van der Waals surface area contributed by atoms with E-state index in [-0.39, 0.29) is 11.5 Å². The summed E-state index contributed by atoms with van der Waals surface area (Å²) in [6.45, 7) is 6.24. The highest BCUT2D eigenvalue weighted by Crippen LogP contribution is 2.23. The van der Waals surface area contributed by atoms with Crippen molar-refractivity contribution in [1.82, 2.24) is 14.8 Å². The van der Waals surface area contributed by atoms with Crippen molar-refractivity contribution < 1.29 is 13.9 Å². The molecule has 35 heavy (non-hydrogen) atoms. The molecule has 5 rings (SSSR count). The number of carbonyl (C=O) groups is 1. The Balaban J connectivity index is 1.15. The molecule has 178 valence electrons. The van der Waals surface area contributed by atoms with Gasteiger partial charge in [0.2, 0.25) is 0 Å². The molecular formula is C28H27N3O4. The van der Waals surface area contributed by atoms with Crippen LogP contribution >= 0.6 is 0 Å². The molecule has 1 saturated heterocycles. The summed E-state index contributed by atoms with van der Waals surface area (Å²) in [4.78, 5) is 32.9. The smallest absolute Gasteiger partial charge is 0.336 e. The van der Waals surface area contributed by atoms with E-state index in [0.717, 1.165) is 36.1 Å². The maximum absolute atomic E-state index is 13.0. The third-order valence-corrected chi connectivity index (χ3v) is 6.34. The van der Waals surface area contributed by atoms with Gasteiger partial charge in [-0.15, -0.1) is 0 Å². The Morgan fingerprint density at radius 1 is 0.943 bits per heavy atom. The van der Waals surface area contributed by atoms with Gasteiger partial charge in [-0.05, 0) is 60.0 Å². The molecule has 7 nitrogen and oxygen atoms in total. The molecule has 0 aliphatic carbocycles. The quantitative estimate of drug-likeness (QED) is 0.397. The van der Waals surface area contributed by atoms with Crippen LogP contribution in [-0.4, -0.2) is 46.9 Å². The van der Waals surface area contributed by atoms with Crippen LogP contribution < -0.4 is 10.4 Å². The van der Waals surface area contributed by atoms with E-state index in [2.05, 4.69) is 9.88 Å². The summed E-state index contributed by atoms with van der Waals surface area (Å²) in [6.07, 6.45) is 3.62. The highest BCUT2D eigenvalue weighted by atomic mass is 16.5. The first-order valence-electron chi connectivity index (χ1n) is 11.7. The van der Waals surface area contributed by atoms with Gasteiger partial charge >= 0.3 is 5.63 Å². The molecule has 1 aliphatic heterocycles. The Kier molecular flexibility index (Phi) is 6.59. The monoisotopic (exact) mass is 469 g/mol. The molecule has 2 aromatic heterocycles. The van der Waals surface area contributed by atoms with Crippen LogP contribution in [0.4, 0.5) is 0 Å². The SMILES string of the molecule is Cc1cc(=O)oc2cc(OCc3ccc(C(=O)N4CCN(Cc5ccncc5)CC4)cc3)ccc12. The molecule has 0 radical (unpaired) electrons. The van der Waals surface area contributed by atoms with Gasteiger partial charge in [-0.25, -0.2) is 4.79 Å². The second-order valence-electron chi connectivity index (χ2n) is 8.82. The van der Waals surface area contributed by atoms with Crippen LogP contribution in [0.3, 0.4) is 0 Å². The molecule has 0 spiro atoms. The van der Waals surface area contributed by atoms with Crippen LogP contribution in [-0.2, 0) is 13.2 Å². The van der Waals surface area contributed by atoms with E-state index in [0.29, 0.717) is 36.6 Å². The Labute approximate surface area is 203 Å². The Morgan fingerprint density at radius 3 is 2.43 bits per heavy atom. The number of fused-ring (bicyclic) bond motifs is 1. The number of hydrogen-bond acceptors (Lipinski definition) is 6. The van der Waals surface area contributed by atoms with Crippen molar-refractivity contribution in [3.05, 3.63) is 106 Å². The van der Waals surface area contributed by atoms with Gasteiger partial charge in [-0.3, -0.25) is 14.7 Å². The molecule has 0 atom stereocenters. The zero-order valence-electron chi connectivity index (χ0n) is 19.6. The van der Waals surface area contributed by atoms with Gasteiger partial charge in [0.05, 0.1) is 0 Å². The zero-order chi connectivity index (χ0) is 24.2. The lowest BCUT2D eigenvalue weighted by molar-refractivity contribution is 0.0628. The first-order valence-corrected chi connectivity index (χ1v) is 11.7. The molecule has 0 bridgehead atoms. The van der Waals surface area contributed by atoms with E-state index in [1.54, 1.807) is 6.07 Å². The van der Waals surface area contributed by atoms with Gasteiger partial charge in [-0.1, -0.05) is 12.1 Å². The van der Waals surface area contributed by atoms with Crippen molar-refractivity contribution in [2.24, 2.45) is 0 Å². The Hall–Kier alpha value is -3.97. The normalized spacial score (nSPS) is 14.3. The van der Waals surface area contributed by atoms with E-state index < -0.39 is 0 Å². The first kappa shape index (κ1) is 22.8. The van der Waals surface area contributed by atoms with Crippen molar-refractivity contribution >= 4 is 16.9 Å². The molecule has 1 aliphatic rings. The second-order valence-corrected chi connectivity index (χ2v) is 8.82. The molecule has 4 aromatic rings. The molecule has 0 N–H and O–H groups in total. The molecule has 1 amide bonds. The fraction of sp³-hybridized carbons (Fsp3) is 0.250. The van der Waals surface area contributed by atoms with Crippen LogP contribution in [0.5, 0.6) is 5.75 Å². The molecule has 0 unspecified atom stereocenters. The van der Waals surface area contributed by atoms with Gasteiger partial charge < -0.3 is 14.1 Å². The average Bonchev–Trinajstić information content (AvgIpc) is 2.88. The summed E-state index contributed by atoms with van der Waals surface area (Å²) in [5.74, 6) is 0.678. The number of aromatic nitrogens is 1. The van der Waals surface area contributed by atoms with E-state index in [9.17, 15) is 9.59 Å². The highest BCUT2D eigenvalue weighted by Gasteiger charge is 2.22. The van der Waals surface area contributed by atoms with E-state index in [1.807, 2.05) is 72.7 Å². The molecule has 0 saturated carbocycles. The number of benzene rings is 2. The Bertz CT molecular complexity index is 1380. The third kappa shape index (κ3) is 5.41. The number of ether oxygens (including phenoxy) is 1.